The minimum atomic E-state index is -4.60. The maximum absolute atomic E-state index is 13.4. The fraction of sp³-hybridized carbons (Fsp3) is 0.160. The Labute approximate surface area is 212 Å². The third kappa shape index (κ3) is 5.76. The summed E-state index contributed by atoms with van der Waals surface area (Å²) in [5.74, 6) is -0.131. The van der Waals surface area contributed by atoms with E-state index in [0.717, 1.165) is 40.2 Å². The fourth-order valence-electron chi connectivity index (χ4n) is 3.41. The molecular formula is C25H20BrF3N4OS. The number of carbonyl (C=O) groups is 1. The van der Waals surface area contributed by atoms with Gasteiger partial charge in [0.1, 0.15) is 0 Å². The lowest BCUT2D eigenvalue weighted by Gasteiger charge is -2.14. The van der Waals surface area contributed by atoms with E-state index < -0.39 is 17.6 Å². The molecule has 5 nitrogen and oxygen atoms in total. The van der Waals surface area contributed by atoms with Gasteiger partial charge in [0.25, 0.3) is 0 Å². The molecule has 3 aromatic carbocycles. The summed E-state index contributed by atoms with van der Waals surface area (Å²) in [4.78, 5) is 12.6. The van der Waals surface area contributed by atoms with Crippen molar-refractivity contribution in [2.24, 2.45) is 0 Å². The van der Waals surface area contributed by atoms with E-state index in [1.54, 1.807) is 0 Å². The van der Waals surface area contributed by atoms with Crippen molar-refractivity contribution in [3.05, 3.63) is 87.9 Å². The number of thioether (sulfide) groups is 1. The number of anilines is 1. The number of amides is 1. The summed E-state index contributed by atoms with van der Waals surface area (Å²) < 4.78 is 42.3. The molecule has 35 heavy (non-hydrogen) atoms. The van der Waals surface area contributed by atoms with Crippen molar-refractivity contribution in [2.75, 3.05) is 11.1 Å². The predicted molar refractivity (Wildman–Crippen MR) is 135 cm³/mol. The van der Waals surface area contributed by atoms with Gasteiger partial charge in [0.15, 0.2) is 11.0 Å². The highest BCUT2D eigenvalue weighted by molar-refractivity contribution is 9.10. The number of carbonyl (C=O) groups excluding carboxylic acids is 1. The van der Waals surface area contributed by atoms with Gasteiger partial charge in [0.05, 0.1) is 22.7 Å². The Hall–Kier alpha value is -3.11. The van der Waals surface area contributed by atoms with Gasteiger partial charge in [0.2, 0.25) is 5.91 Å². The van der Waals surface area contributed by atoms with Gasteiger partial charge in [-0.2, -0.15) is 13.2 Å². The van der Waals surface area contributed by atoms with Crippen LogP contribution in [0.2, 0.25) is 0 Å². The van der Waals surface area contributed by atoms with Crippen LogP contribution < -0.4 is 5.32 Å². The molecule has 1 heterocycles. The Morgan fingerprint density at radius 1 is 1.00 bits per heavy atom. The molecule has 4 aromatic rings. The van der Waals surface area contributed by atoms with Crippen LogP contribution in [0.1, 0.15) is 16.7 Å². The van der Waals surface area contributed by atoms with Crippen molar-refractivity contribution in [1.82, 2.24) is 14.8 Å². The Balaban J connectivity index is 1.61. The number of aryl methyl sites for hydroxylation is 2. The lowest BCUT2D eigenvalue weighted by Crippen LogP contribution is -2.18. The summed E-state index contributed by atoms with van der Waals surface area (Å²) in [7, 11) is 0. The number of benzene rings is 3. The van der Waals surface area contributed by atoms with Gasteiger partial charge in [0, 0.05) is 10.0 Å². The maximum Gasteiger partial charge on any atom is 0.418 e. The van der Waals surface area contributed by atoms with Crippen molar-refractivity contribution in [2.45, 2.75) is 25.2 Å². The summed E-state index contributed by atoms with van der Waals surface area (Å²) in [5.41, 5.74) is 2.67. The van der Waals surface area contributed by atoms with Crippen LogP contribution >= 0.6 is 27.7 Å². The zero-order valence-corrected chi connectivity index (χ0v) is 21.1. The molecule has 0 radical (unpaired) electrons. The molecule has 0 unspecified atom stereocenters. The van der Waals surface area contributed by atoms with Crippen LogP contribution in [0.4, 0.5) is 18.9 Å². The van der Waals surface area contributed by atoms with E-state index in [-0.39, 0.29) is 15.9 Å². The maximum atomic E-state index is 13.4. The second kappa shape index (κ2) is 10.2. The highest BCUT2D eigenvalue weighted by Gasteiger charge is 2.34. The van der Waals surface area contributed by atoms with Gasteiger partial charge in [-0.25, -0.2) is 0 Å². The molecular weight excluding hydrogens is 541 g/mol. The average molecular weight is 561 g/mol. The molecule has 4 rings (SSSR count). The summed E-state index contributed by atoms with van der Waals surface area (Å²) in [6.45, 7) is 4.02. The SMILES string of the molecule is Cc1ccc(-n2c(SCC(=O)Nc3ccc(Br)cc3C(F)(F)F)nnc2-c2ccccc2)cc1C. The number of hydrogen-bond donors (Lipinski definition) is 1. The highest BCUT2D eigenvalue weighted by atomic mass is 79.9. The molecule has 0 fully saturated rings. The van der Waals surface area contributed by atoms with Gasteiger partial charge in [-0.05, 0) is 55.3 Å². The molecule has 1 aromatic heterocycles. The van der Waals surface area contributed by atoms with Crippen molar-refractivity contribution < 1.29 is 18.0 Å². The lowest BCUT2D eigenvalue weighted by molar-refractivity contribution is -0.137. The number of rotatable bonds is 6. The Kier molecular flexibility index (Phi) is 7.32. The van der Waals surface area contributed by atoms with Crippen LogP contribution in [-0.4, -0.2) is 26.4 Å². The Morgan fingerprint density at radius 2 is 1.74 bits per heavy atom. The fourth-order valence-corrected chi connectivity index (χ4v) is 4.52. The van der Waals surface area contributed by atoms with Gasteiger partial charge in [-0.15, -0.1) is 10.2 Å². The molecule has 0 bridgehead atoms. The van der Waals surface area contributed by atoms with E-state index >= 15 is 0 Å². The first-order valence-electron chi connectivity index (χ1n) is 10.5. The number of alkyl halides is 3. The van der Waals surface area contributed by atoms with E-state index in [4.69, 9.17) is 0 Å². The number of nitrogens with zero attached hydrogens (tertiary/aromatic N) is 3. The zero-order chi connectivity index (χ0) is 25.2. The molecule has 0 atom stereocenters. The number of halogens is 4. The topological polar surface area (TPSA) is 59.8 Å². The minimum Gasteiger partial charge on any atom is -0.325 e. The molecule has 180 valence electrons. The first-order chi connectivity index (χ1) is 16.6. The van der Waals surface area contributed by atoms with E-state index in [2.05, 4.69) is 31.4 Å². The third-order valence-electron chi connectivity index (χ3n) is 5.31. The van der Waals surface area contributed by atoms with Crippen molar-refractivity contribution >= 4 is 39.3 Å². The quantitative estimate of drug-likeness (QED) is 0.256. The molecule has 1 N–H and O–H groups in total. The van der Waals surface area contributed by atoms with E-state index in [0.29, 0.717) is 11.0 Å². The van der Waals surface area contributed by atoms with Gasteiger partial charge >= 0.3 is 6.18 Å². The summed E-state index contributed by atoms with van der Waals surface area (Å²) in [6.07, 6.45) is -4.60. The monoisotopic (exact) mass is 560 g/mol. The van der Waals surface area contributed by atoms with Gasteiger partial charge in [-0.3, -0.25) is 9.36 Å². The number of nitrogens with one attached hydrogen (secondary N) is 1. The molecule has 0 aliphatic carbocycles. The van der Waals surface area contributed by atoms with Crippen molar-refractivity contribution in [3.63, 3.8) is 0 Å². The molecule has 0 spiro atoms. The van der Waals surface area contributed by atoms with Crippen LogP contribution in [-0.2, 0) is 11.0 Å². The summed E-state index contributed by atoms with van der Waals surface area (Å²) in [6, 6.07) is 19.1. The Bertz CT molecular complexity index is 1370. The van der Waals surface area contributed by atoms with Crippen molar-refractivity contribution in [3.8, 4) is 17.1 Å². The van der Waals surface area contributed by atoms with Gasteiger partial charge in [-0.1, -0.05) is 64.1 Å². The third-order valence-corrected chi connectivity index (χ3v) is 6.73. The molecule has 0 aliphatic heterocycles. The highest BCUT2D eigenvalue weighted by Crippen LogP contribution is 2.37. The van der Waals surface area contributed by atoms with Crippen LogP contribution in [0.3, 0.4) is 0 Å². The molecule has 0 aliphatic rings. The number of aromatic nitrogens is 3. The van der Waals surface area contributed by atoms with E-state index in [1.165, 1.54) is 12.1 Å². The molecule has 0 saturated heterocycles. The van der Waals surface area contributed by atoms with Crippen LogP contribution in [0.15, 0.2) is 76.4 Å². The summed E-state index contributed by atoms with van der Waals surface area (Å²) >= 11 is 4.14. The Morgan fingerprint density at radius 3 is 2.43 bits per heavy atom. The van der Waals surface area contributed by atoms with Crippen LogP contribution in [0.25, 0.3) is 17.1 Å². The standard InChI is InChI=1S/C25H20BrF3N4OS/c1-15-8-10-19(12-16(15)2)33-23(17-6-4-3-5-7-17)31-32-24(33)35-14-22(34)30-21-11-9-18(26)13-20(21)25(27,28)29/h3-13H,14H2,1-2H3,(H,30,34). The minimum absolute atomic E-state index is 0.148. The number of hydrogen-bond acceptors (Lipinski definition) is 4. The average Bonchev–Trinajstić information content (AvgIpc) is 3.24. The normalized spacial score (nSPS) is 11.5. The van der Waals surface area contributed by atoms with Crippen LogP contribution in [0.5, 0.6) is 0 Å². The zero-order valence-electron chi connectivity index (χ0n) is 18.7. The largest absolute Gasteiger partial charge is 0.418 e. The van der Waals surface area contributed by atoms with Crippen LogP contribution in [0, 0.1) is 13.8 Å². The predicted octanol–water partition coefficient (Wildman–Crippen LogP) is 7.06. The molecule has 0 saturated carbocycles. The second-order valence-electron chi connectivity index (χ2n) is 7.80. The first kappa shape index (κ1) is 25.0. The van der Waals surface area contributed by atoms with Gasteiger partial charge < -0.3 is 5.32 Å². The first-order valence-corrected chi connectivity index (χ1v) is 12.3. The second-order valence-corrected chi connectivity index (χ2v) is 9.66. The lowest BCUT2D eigenvalue weighted by atomic mass is 10.1. The smallest absolute Gasteiger partial charge is 0.325 e. The summed E-state index contributed by atoms with van der Waals surface area (Å²) in [5, 5.41) is 11.4. The molecule has 10 heteroatoms. The van der Waals surface area contributed by atoms with E-state index in [9.17, 15) is 18.0 Å². The molecule has 1 amide bonds. The van der Waals surface area contributed by atoms with Crippen molar-refractivity contribution in [1.29, 1.82) is 0 Å². The van der Waals surface area contributed by atoms with E-state index in [1.807, 2.05) is 66.9 Å².